The van der Waals surface area contributed by atoms with Crippen LogP contribution in [-0.4, -0.2) is 27.5 Å². The number of rotatable bonds is 8. The highest BCUT2D eigenvalue weighted by molar-refractivity contribution is 7.92. The summed E-state index contributed by atoms with van der Waals surface area (Å²) in [6.45, 7) is 7.78. The van der Waals surface area contributed by atoms with Crippen LogP contribution in [0.5, 0.6) is 5.75 Å². The summed E-state index contributed by atoms with van der Waals surface area (Å²) in [7, 11) is -3.67. The van der Waals surface area contributed by atoms with E-state index in [1.807, 2.05) is 39.0 Å². The van der Waals surface area contributed by atoms with Crippen LogP contribution in [0.3, 0.4) is 0 Å². The Morgan fingerprint density at radius 1 is 0.938 bits per heavy atom. The third-order valence-electron chi connectivity index (χ3n) is 5.27. The van der Waals surface area contributed by atoms with Crippen molar-refractivity contribution in [2.24, 2.45) is 0 Å². The van der Waals surface area contributed by atoms with Crippen LogP contribution in [0.25, 0.3) is 0 Å². The van der Waals surface area contributed by atoms with Gasteiger partial charge >= 0.3 is 0 Å². The van der Waals surface area contributed by atoms with E-state index in [1.54, 1.807) is 55.5 Å². The summed E-state index contributed by atoms with van der Waals surface area (Å²) in [6, 6.07) is 19.2. The van der Waals surface area contributed by atoms with Crippen LogP contribution in [0.15, 0.2) is 71.6 Å². The first kappa shape index (κ1) is 23.3. The lowest BCUT2D eigenvalue weighted by Gasteiger charge is -2.23. The number of carbonyl (C=O) groups is 1. The van der Waals surface area contributed by atoms with E-state index in [0.717, 1.165) is 22.4 Å². The van der Waals surface area contributed by atoms with E-state index in [9.17, 15) is 13.2 Å². The van der Waals surface area contributed by atoms with Crippen molar-refractivity contribution in [3.63, 3.8) is 0 Å². The summed E-state index contributed by atoms with van der Waals surface area (Å²) in [5.41, 5.74) is 4.39. The predicted molar refractivity (Wildman–Crippen MR) is 128 cm³/mol. The molecule has 168 valence electrons. The van der Waals surface area contributed by atoms with Gasteiger partial charge in [0.15, 0.2) is 6.61 Å². The molecule has 3 rings (SSSR count). The molecule has 1 N–H and O–H groups in total. The van der Waals surface area contributed by atoms with E-state index in [1.165, 1.54) is 4.31 Å². The lowest BCUT2D eigenvalue weighted by molar-refractivity contribution is -0.118. The normalized spacial score (nSPS) is 11.1. The molecule has 3 aromatic rings. The van der Waals surface area contributed by atoms with Crippen molar-refractivity contribution in [2.75, 3.05) is 22.8 Å². The Labute approximate surface area is 189 Å². The molecule has 0 fully saturated rings. The number of nitrogens with zero attached hydrogens (tertiary/aromatic N) is 1. The molecule has 0 aliphatic rings. The number of anilines is 2. The second-order valence-corrected chi connectivity index (χ2v) is 9.42. The lowest BCUT2D eigenvalue weighted by atomic mass is 10.1. The second-order valence-electron chi connectivity index (χ2n) is 7.56. The molecule has 0 unspecified atom stereocenters. The van der Waals surface area contributed by atoms with Crippen LogP contribution in [-0.2, 0) is 14.8 Å². The lowest BCUT2D eigenvalue weighted by Crippen LogP contribution is -2.30. The molecule has 6 nitrogen and oxygen atoms in total. The van der Waals surface area contributed by atoms with Crippen LogP contribution in [0, 0.1) is 20.8 Å². The molecule has 0 saturated heterocycles. The van der Waals surface area contributed by atoms with Gasteiger partial charge in [-0.15, -0.1) is 0 Å². The summed E-state index contributed by atoms with van der Waals surface area (Å²) >= 11 is 0. The zero-order valence-electron chi connectivity index (χ0n) is 18.8. The fraction of sp³-hybridized carbons (Fsp3) is 0.240. The van der Waals surface area contributed by atoms with Gasteiger partial charge in [0, 0.05) is 12.2 Å². The molecule has 0 aliphatic heterocycles. The molecular formula is C25H28N2O4S. The second kappa shape index (κ2) is 9.87. The van der Waals surface area contributed by atoms with Gasteiger partial charge < -0.3 is 10.1 Å². The number of carbonyl (C=O) groups excluding carboxylic acids is 1. The number of ether oxygens (including phenoxy) is 1. The first-order chi connectivity index (χ1) is 15.2. The minimum Gasteiger partial charge on any atom is -0.484 e. The minimum atomic E-state index is -3.67. The molecule has 3 aromatic carbocycles. The third-order valence-corrected chi connectivity index (χ3v) is 7.19. The third kappa shape index (κ3) is 5.29. The molecule has 0 heterocycles. The van der Waals surface area contributed by atoms with Crippen LogP contribution >= 0.6 is 0 Å². The van der Waals surface area contributed by atoms with Gasteiger partial charge in [0.1, 0.15) is 5.75 Å². The summed E-state index contributed by atoms with van der Waals surface area (Å²) in [5, 5.41) is 2.85. The topological polar surface area (TPSA) is 75.7 Å². The maximum absolute atomic E-state index is 13.0. The fourth-order valence-electron chi connectivity index (χ4n) is 3.26. The Morgan fingerprint density at radius 2 is 1.59 bits per heavy atom. The summed E-state index contributed by atoms with van der Waals surface area (Å²) in [4.78, 5) is 12.5. The molecule has 0 bridgehead atoms. The van der Waals surface area contributed by atoms with Crippen molar-refractivity contribution in [1.29, 1.82) is 0 Å². The van der Waals surface area contributed by atoms with Gasteiger partial charge in [0.2, 0.25) is 0 Å². The zero-order valence-corrected chi connectivity index (χ0v) is 19.6. The van der Waals surface area contributed by atoms with Gasteiger partial charge in [0.05, 0.1) is 10.6 Å². The monoisotopic (exact) mass is 452 g/mol. The zero-order chi connectivity index (χ0) is 23.3. The van der Waals surface area contributed by atoms with Crippen LogP contribution in [0.1, 0.15) is 23.6 Å². The average molecular weight is 453 g/mol. The number of hydrogen-bond donors (Lipinski definition) is 1. The summed E-state index contributed by atoms with van der Waals surface area (Å²) in [5.74, 6) is 0.216. The van der Waals surface area contributed by atoms with Crippen LogP contribution < -0.4 is 14.4 Å². The van der Waals surface area contributed by atoms with E-state index < -0.39 is 10.0 Å². The van der Waals surface area contributed by atoms with Crippen molar-refractivity contribution >= 4 is 27.3 Å². The van der Waals surface area contributed by atoms with E-state index in [-0.39, 0.29) is 24.0 Å². The number of amides is 1. The Bertz CT molecular complexity index is 1190. The maximum Gasteiger partial charge on any atom is 0.264 e. The van der Waals surface area contributed by atoms with Crippen molar-refractivity contribution in [3.05, 3.63) is 83.4 Å². The Balaban J connectivity index is 1.66. The van der Waals surface area contributed by atoms with Gasteiger partial charge in [-0.05, 0) is 81.3 Å². The van der Waals surface area contributed by atoms with Crippen molar-refractivity contribution < 1.29 is 17.9 Å². The average Bonchev–Trinajstić information content (AvgIpc) is 2.77. The standard InChI is InChI=1S/C25H28N2O4S/c1-5-27(32(29,30)23-15-9-18(2)10-16-23)21-11-13-22(14-12-21)31-17-25(28)26-24-8-6-7-19(3)20(24)4/h6-16H,5,17H2,1-4H3,(H,26,28). The Morgan fingerprint density at radius 3 is 2.22 bits per heavy atom. The largest absolute Gasteiger partial charge is 0.484 e. The van der Waals surface area contributed by atoms with Crippen LogP contribution in [0.4, 0.5) is 11.4 Å². The smallest absolute Gasteiger partial charge is 0.264 e. The Kier molecular flexibility index (Phi) is 7.20. The van der Waals surface area contributed by atoms with Crippen molar-refractivity contribution in [3.8, 4) is 5.75 Å². The highest BCUT2D eigenvalue weighted by Gasteiger charge is 2.23. The highest BCUT2D eigenvalue weighted by Crippen LogP contribution is 2.26. The number of hydrogen-bond acceptors (Lipinski definition) is 4. The van der Waals surface area contributed by atoms with E-state index in [2.05, 4.69) is 5.32 Å². The first-order valence-electron chi connectivity index (χ1n) is 10.4. The van der Waals surface area contributed by atoms with Crippen molar-refractivity contribution in [1.82, 2.24) is 0 Å². The molecule has 32 heavy (non-hydrogen) atoms. The molecule has 0 aromatic heterocycles. The van der Waals surface area contributed by atoms with E-state index >= 15 is 0 Å². The molecule has 0 spiro atoms. The quantitative estimate of drug-likeness (QED) is 0.530. The first-order valence-corrected chi connectivity index (χ1v) is 11.8. The Hall–Kier alpha value is -3.32. The van der Waals surface area contributed by atoms with Gasteiger partial charge in [-0.3, -0.25) is 9.10 Å². The number of benzene rings is 3. The van der Waals surface area contributed by atoms with Gasteiger partial charge in [-0.25, -0.2) is 8.42 Å². The molecule has 0 atom stereocenters. The van der Waals surface area contributed by atoms with E-state index in [0.29, 0.717) is 11.4 Å². The van der Waals surface area contributed by atoms with E-state index in [4.69, 9.17) is 4.74 Å². The number of sulfonamides is 1. The molecular weight excluding hydrogens is 424 g/mol. The van der Waals surface area contributed by atoms with Gasteiger partial charge in [-0.1, -0.05) is 29.8 Å². The fourth-order valence-corrected chi connectivity index (χ4v) is 4.73. The highest BCUT2D eigenvalue weighted by atomic mass is 32.2. The summed E-state index contributed by atoms with van der Waals surface area (Å²) in [6.07, 6.45) is 0. The molecule has 7 heteroatoms. The molecule has 0 radical (unpaired) electrons. The van der Waals surface area contributed by atoms with Crippen molar-refractivity contribution in [2.45, 2.75) is 32.6 Å². The predicted octanol–water partition coefficient (Wildman–Crippen LogP) is 4.84. The maximum atomic E-state index is 13.0. The number of nitrogens with one attached hydrogen (secondary N) is 1. The minimum absolute atomic E-state index is 0.147. The van der Waals surface area contributed by atoms with Gasteiger partial charge in [0.25, 0.3) is 15.9 Å². The van der Waals surface area contributed by atoms with Crippen LogP contribution in [0.2, 0.25) is 0 Å². The summed E-state index contributed by atoms with van der Waals surface area (Å²) < 4.78 is 33.0. The SMILES string of the molecule is CCN(c1ccc(OCC(=O)Nc2cccc(C)c2C)cc1)S(=O)(=O)c1ccc(C)cc1. The van der Waals surface area contributed by atoms with Gasteiger partial charge in [-0.2, -0.15) is 0 Å². The number of aryl methyl sites for hydroxylation is 2. The molecule has 1 amide bonds. The molecule has 0 aliphatic carbocycles. The molecule has 0 saturated carbocycles.